The molecule has 1 heterocycles. The maximum atomic E-state index is 12.1. The van der Waals surface area contributed by atoms with Crippen LogP contribution >= 0.6 is 0 Å². The van der Waals surface area contributed by atoms with E-state index in [1.807, 2.05) is 0 Å². The molecule has 104 valence electrons. The highest BCUT2D eigenvalue weighted by Crippen LogP contribution is 2.15. The predicted octanol–water partition coefficient (Wildman–Crippen LogP) is -0.0450. The van der Waals surface area contributed by atoms with Crippen molar-refractivity contribution >= 4 is 11.9 Å². The molecule has 0 aliphatic carbocycles. The van der Waals surface area contributed by atoms with Crippen LogP contribution in [0.1, 0.15) is 20.8 Å². The molecule has 0 spiro atoms. The number of amides is 1. The zero-order chi connectivity index (χ0) is 14.6. The van der Waals surface area contributed by atoms with Crippen LogP contribution in [0.15, 0.2) is 23.3 Å². The van der Waals surface area contributed by atoms with E-state index in [1.165, 1.54) is 37.2 Å². The van der Waals surface area contributed by atoms with Crippen LogP contribution in [0.2, 0.25) is 0 Å². The van der Waals surface area contributed by atoms with Gasteiger partial charge in [-0.2, -0.15) is 0 Å². The summed E-state index contributed by atoms with van der Waals surface area (Å²) >= 11 is 0. The number of hydrogen-bond donors (Lipinski definition) is 1. The van der Waals surface area contributed by atoms with Gasteiger partial charge < -0.3 is 10.0 Å². The molecule has 19 heavy (non-hydrogen) atoms. The van der Waals surface area contributed by atoms with Crippen molar-refractivity contribution in [3.05, 3.63) is 28.9 Å². The van der Waals surface area contributed by atoms with Crippen molar-refractivity contribution in [3.63, 3.8) is 0 Å². The molecule has 0 saturated heterocycles. The normalized spacial score (nSPS) is 11.1. The first kappa shape index (κ1) is 14.9. The first-order valence-electron chi connectivity index (χ1n) is 5.86. The second kappa shape index (κ2) is 5.64. The zero-order valence-electron chi connectivity index (χ0n) is 11.2. The monoisotopic (exact) mass is 267 g/mol. The summed E-state index contributed by atoms with van der Waals surface area (Å²) in [6, 6.07) is 1.54. The molecular formula is C12H17N3O4. The second-order valence-electron chi connectivity index (χ2n) is 4.53. The van der Waals surface area contributed by atoms with E-state index in [4.69, 9.17) is 5.11 Å². The summed E-state index contributed by atoms with van der Waals surface area (Å²) in [4.78, 5) is 39.5. The second-order valence-corrected chi connectivity index (χ2v) is 4.53. The number of carboxylic acids is 1. The van der Waals surface area contributed by atoms with Gasteiger partial charge in [-0.25, -0.2) is 14.6 Å². The smallest absolute Gasteiger partial charge is 0.347 e. The Morgan fingerprint density at radius 3 is 2.58 bits per heavy atom. The van der Waals surface area contributed by atoms with Crippen LogP contribution < -0.4 is 5.69 Å². The minimum atomic E-state index is -1.32. The number of rotatable bonds is 5. The molecule has 1 aromatic heterocycles. The molecule has 1 N–H and O–H groups in total. The Labute approximate surface area is 110 Å². The number of hydrogen-bond acceptors (Lipinski definition) is 4. The molecule has 0 aromatic carbocycles. The third-order valence-corrected chi connectivity index (χ3v) is 2.90. The van der Waals surface area contributed by atoms with E-state index in [-0.39, 0.29) is 13.1 Å². The zero-order valence-corrected chi connectivity index (χ0v) is 11.2. The average molecular weight is 267 g/mol. The lowest BCUT2D eigenvalue weighted by Gasteiger charge is -2.34. The van der Waals surface area contributed by atoms with Gasteiger partial charge in [-0.15, -0.1) is 0 Å². The Bertz CT molecular complexity index is 536. The van der Waals surface area contributed by atoms with Gasteiger partial charge in [0.1, 0.15) is 12.1 Å². The van der Waals surface area contributed by atoms with Crippen LogP contribution in [-0.4, -0.2) is 43.5 Å². The molecule has 0 fully saturated rings. The van der Waals surface area contributed by atoms with Crippen molar-refractivity contribution in [2.24, 2.45) is 0 Å². The quantitative estimate of drug-likeness (QED) is 0.807. The number of carboxylic acid groups (broad SMARTS) is 1. The maximum absolute atomic E-state index is 12.1. The van der Waals surface area contributed by atoms with Gasteiger partial charge in [0.05, 0.1) is 0 Å². The molecule has 0 unspecified atom stereocenters. The van der Waals surface area contributed by atoms with Gasteiger partial charge in [-0.1, -0.05) is 0 Å². The lowest BCUT2D eigenvalue weighted by atomic mass is 10.0. The first-order chi connectivity index (χ1) is 8.80. The molecular weight excluding hydrogens is 250 g/mol. The average Bonchev–Trinajstić information content (AvgIpc) is 2.32. The van der Waals surface area contributed by atoms with E-state index in [0.717, 1.165) is 4.57 Å². The summed E-state index contributed by atoms with van der Waals surface area (Å²) in [7, 11) is 0. The first-order valence-corrected chi connectivity index (χ1v) is 5.86. The summed E-state index contributed by atoms with van der Waals surface area (Å²) < 4.78 is 1.14. The molecule has 7 nitrogen and oxygen atoms in total. The fraction of sp³-hybridized carbons (Fsp3) is 0.500. The largest absolute Gasteiger partial charge is 0.480 e. The van der Waals surface area contributed by atoms with Gasteiger partial charge >= 0.3 is 11.7 Å². The van der Waals surface area contributed by atoms with Crippen LogP contribution in [-0.2, 0) is 16.1 Å². The summed E-state index contributed by atoms with van der Waals surface area (Å²) in [5, 5.41) is 9.14. The number of nitrogens with zero attached hydrogens (tertiary/aromatic N) is 3. The Morgan fingerprint density at radius 2 is 2.11 bits per heavy atom. The Balaban J connectivity index is 2.96. The SMILES string of the molecule is CCN(C(=O)Cn1cccnc1=O)C(C)(C)C(=O)O. The molecule has 0 atom stereocenters. The fourth-order valence-electron chi connectivity index (χ4n) is 1.74. The van der Waals surface area contributed by atoms with Crippen molar-refractivity contribution < 1.29 is 14.7 Å². The Kier molecular flexibility index (Phi) is 4.42. The van der Waals surface area contributed by atoms with E-state index < -0.39 is 23.1 Å². The van der Waals surface area contributed by atoms with Crippen molar-refractivity contribution in [1.82, 2.24) is 14.5 Å². The van der Waals surface area contributed by atoms with Crippen molar-refractivity contribution in [3.8, 4) is 0 Å². The van der Waals surface area contributed by atoms with Crippen molar-refractivity contribution in [2.45, 2.75) is 32.9 Å². The Hall–Kier alpha value is -2.18. The molecule has 0 radical (unpaired) electrons. The number of likely N-dealkylation sites (N-methyl/N-ethyl adjacent to an activating group) is 1. The molecule has 0 saturated carbocycles. The highest BCUT2D eigenvalue weighted by atomic mass is 16.4. The van der Waals surface area contributed by atoms with Crippen LogP contribution in [0, 0.1) is 0 Å². The third-order valence-electron chi connectivity index (χ3n) is 2.90. The minimum Gasteiger partial charge on any atom is -0.480 e. The molecule has 1 amide bonds. The lowest BCUT2D eigenvalue weighted by molar-refractivity contribution is -0.157. The van der Waals surface area contributed by atoms with E-state index in [9.17, 15) is 14.4 Å². The minimum absolute atomic E-state index is 0.225. The molecule has 0 aliphatic heterocycles. The highest BCUT2D eigenvalue weighted by Gasteiger charge is 2.36. The maximum Gasteiger partial charge on any atom is 0.347 e. The summed E-state index contributed by atoms with van der Waals surface area (Å²) in [6.07, 6.45) is 2.77. The number of carbonyl (C=O) groups excluding carboxylic acids is 1. The molecule has 1 rings (SSSR count). The van der Waals surface area contributed by atoms with Crippen LogP contribution in [0.25, 0.3) is 0 Å². The summed E-state index contributed by atoms with van der Waals surface area (Å²) in [5.74, 6) is -1.54. The number of carbonyl (C=O) groups is 2. The number of aliphatic carboxylic acids is 1. The van der Waals surface area contributed by atoms with E-state index in [0.29, 0.717) is 0 Å². The molecule has 1 aromatic rings. The molecule has 0 aliphatic rings. The van der Waals surface area contributed by atoms with E-state index >= 15 is 0 Å². The van der Waals surface area contributed by atoms with Gasteiger partial charge in [0, 0.05) is 18.9 Å². The van der Waals surface area contributed by atoms with Crippen LogP contribution in [0.4, 0.5) is 0 Å². The van der Waals surface area contributed by atoms with Gasteiger partial charge in [-0.3, -0.25) is 9.36 Å². The van der Waals surface area contributed by atoms with E-state index in [2.05, 4.69) is 4.98 Å². The lowest BCUT2D eigenvalue weighted by Crippen LogP contribution is -2.54. The van der Waals surface area contributed by atoms with Crippen molar-refractivity contribution in [2.75, 3.05) is 6.54 Å². The van der Waals surface area contributed by atoms with Crippen LogP contribution in [0.5, 0.6) is 0 Å². The highest BCUT2D eigenvalue weighted by molar-refractivity contribution is 5.86. The Morgan fingerprint density at radius 1 is 1.47 bits per heavy atom. The summed E-state index contributed by atoms with van der Waals surface area (Å²) in [5.41, 5.74) is -1.86. The fourth-order valence-corrected chi connectivity index (χ4v) is 1.74. The summed E-state index contributed by atoms with van der Waals surface area (Å²) in [6.45, 7) is 4.60. The molecule has 7 heteroatoms. The van der Waals surface area contributed by atoms with Gasteiger partial charge in [0.2, 0.25) is 5.91 Å². The standard InChI is InChI=1S/C12H17N3O4/c1-4-15(12(2,3)10(17)18)9(16)8-14-7-5-6-13-11(14)19/h5-7H,4,8H2,1-3H3,(H,17,18). The molecule has 0 bridgehead atoms. The predicted molar refractivity (Wildman–Crippen MR) is 67.6 cm³/mol. The van der Waals surface area contributed by atoms with Crippen molar-refractivity contribution in [1.29, 1.82) is 0 Å². The third kappa shape index (κ3) is 3.18. The van der Waals surface area contributed by atoms with Crippen LogP contribution in [0.3, 0.4) is 0 Å². The number of aromatic nitrogens is 2. The van der Waals surface area contributed by atoms with Gasteiger partial charge in [0.25, 0.3) is 0 Å². The topological polar surface area (TPSA) is 92.5 Å². The van der Waals surface area contributed by atoms with Gasteiger partial charge in [-0.05, 0) is 26.8 Å². The van der Waals surface area contributed by atoms with Gasteiger partial charge in [0.15, 0.2) is 0 Å². The van der Waals surface area contributed by atoms with E-state index in [1.54, 1.807) is 6.92 Å².